The first-order chi connectivity index (χ1) is 29.2. The monoisotopic (exact) mass is 821 g/mol. The molecule has 12 nitrogen and oxygen atoms in total. The van der Waals surface area contributed by atoms with E-state index in [1.807, 2.05) is 86.1 Å². The van der Waals surface area contributed by atoms with Gasteiger partial charge in [-0.25, -0.2) is 0 Å². The molecule has 0 aromatic heterocycles. The van der Waals surface area contributed by atoms with E-state index in [-0.39, 0.29) is 48.3 Å². The molecule has 0 radical (unpaired) electrons. The lowest BCUT2D eigenvalue weighted by molar-refractivity contribution is -0.116. The summed E-state index contributed by atoms with van der Waals surface area (Å²) in [6.07, 6.45) is 5.94. The molecular weight excluding hydrogens is 779 g/mol. The normalized spacial score (nSPS) is 17.3. The quantitative estimate of drug-likeness (QED) is 0.121. The molecule has 0 saturated heterocycles. The number of benzene rings is 5. The van der Waals surface area contributed by atoms with Crippen molar-refractivity contribution in [2.75, 3.05) is 29.3 Å². The van der Waals surface area contributed by atoms with Crippen LogP contribution >= 0.6 is 12.6 Å². The summed E-state index contributed by atoms with van der Waals surface area (Å²) >= 11 is 4.43. The number of anilines is 3. The van der Waals surface area contributed by atoms with Crippen molar-refractivity contribution in [2.24, 2.45) is 9.98 Å². The molecule has 5 aromatic carbocycles. The second-order valence-corrected chi connectivity index (χ2v) is 16.2. The smallest absolute Gasteiger partial charge is 0.261 e. The number of hydrogen-bond donors (Lipinski definition) is 2. The van der Waals surface area contributed by atoms with Gasteiger partial charge in [0.15, 0.2) is 23.0 Å². The van der Waals surface area contributed by atoms with Crippen LogP contribution in [0.15, 0.2) is 101 Å². The summed E-state index contributed by atoms with van der Waals surface area (Å²) in [5.74, 6) is 1.14. The second kappa shape index (κ2) is 16.2. The minimum atomic E-state index is -0.191. The molecule has 3 amide bonds. The zero-order chi connectivity index (χ0) is 41.5. The standard InChI is InChI=1S/C47H43N5O7S/c1-27(60)12-13-45(53)50-32-15-28(25-58-43-21-37-35(19-41(43)56-2)46(54)51-33(23-48-37)17-30-8-4-6-10-39(30)51)14-29(16-32)26-59-44-22-38-36(20-42(44)57-3)47(55)52-34(24-49-38)18-31-9-5-7-11-40(31)52/h4-11,14-16,19-24,27,33-34,60H,12-13,17-18,25-26H2,1-3H3,(H,50,53)/t27?,33-,34-/m0/s1. The average Bonchev–Trinajstić information content (AvgIpc) is 3.75. The number of nitrogens with one attached hydrogen (secondary N) is 1. The van der Waals surface area contributed by atoms with Crippen LogP contribution in [0.5, 0.6) is 23.0 Å². The van der Waals surface area contributed by atoms with E-state index in [1.54, 1.807) is 34.1 Å². The van der Waals surface area contributed by atoms with Crippen LogP contribution in [-0.4, -0.2) is 61.7 Å². The lowest BCUT2D eigenvalue weighted by Crippen LogP contribution is -2.37. The number of carbonyl (C=O) groups is 3. The number of nitrogens with zero attached hydrogens (tertiary/aromatic N) is 4. The molecule has 0 aliphatic carbocycles. The number of hydrogen-bond acceptors (Lipinski definition) is 10. The fourth-order valence-electron chi connectivity index (χ4n) is 8.26. The summed E-state index contributed by atoms with van der Waals surface area (Å²) < 4.78 is 24.2. The summed E-state index contributed by atoms with van der Waals surface area (Å²) in [5, 5.41) is 3.10. The molecule has 9 rings (SSSR count). The predicted octanol–water partition coefficient (Wildman–Crippen LogP) is 8.47. The Kier molecular flexibility index (Phi) is 10.5. The summed E-state index contributed by atoms with van der Waals surface area (Å²) in [7, 11) is 3.06. The molecular formula is C47H43N5O7S. The average molecular weight is 822 g/mol. The van der Waals surface area contributed by atoms with Gasteiger partial charge < -0.3 is 24.3 Å². The van der Waals surface area contributed by atoms with Gasteiger partial charge in [-0.2, -0.15) is 12.6 Å². The van der Waals surface area contributed by atoms with E-state index in [1.165, 1.54) is 14.2 Å². The van der Waals surface area contributed by atoms with E-state index in [0.717, 1.165) is 33.6 Å². The van der Waals surface area contributed by atoms with Crippen LogP contribution in [0.3, 0.4) is 0 Å². The van der Waals surface area contributed by atoms with Crippen LogP contribution in [0.1, 0.15) is 62.7 Å². The molecule has 0 spiro atoms. The van der Waals surface area contributed by atoms with E-state index in [4.69, 9.17) is 28.9 Å². The zero-order valence-electron chi connectivity index (χ0n) is 33.4. The molecule has 60 heavy (non-hydrogen) atoms. The number of aliphatic imine (C=N–C) groups is 2. The SMILES string of the molecule is COc1cc2c(cc1OCc1cc(COc3cc4c(cc3OC)C(=O)N3c5ccccc5C[C@H]3C=N4)cc(NC(=O)CCC(C)S)c1)N=C[C@@H]1Cc3ccccc3N1C2=O. The number of amides is 3. The number of para-hydroxylation sites is 2. The van der Waals surface area contributed by atoms with Crippen LogP contribution in [0.4, 0.5) is 28.4 Å². The maximum Gasteiger partial charge on any atom is 0.261 e. The number of methoxy groups -OCH3 is 2. The molecule has 0 saturated carbocycles. The van der Waals surface area contributed by atoms with E-state index in [2.05, 4.69) is 17.9 Å². The minimum absolute atomic E-state index is 0.0747. The third-order valence-electron chi connectivity index (χ3n) is 11.2. The summed E-state index contributed by atoms with van der Waals surface area (Å²) in [4.78, 5) is 53.9. The molecule has 1 unspecified atom stereocenters. The van der Waals surface area contributed by atoms with Gasteiger partial charge in [0.2, 0.25) is 5.91 Å². The van der Waals surface area contributed by atoms with Crippen LogP contribution in [0.25, 0.3) is 0 Å². The highest BCUT2D eigenvalue weighted by Crippen LogP contribution is 2.43. The fraction of sp³-hybridized carbons (Fsp3) is 0.255. The van der Waals surface area contributed by atoms with Gasteiger partial charge in [0.05, 0.1) is 48.8 Å². The van der Waals surface area contributed by atoms with Gasteiger partial charge >= 0.3 is 0 Å². The summed E-state index contributed by atoms with van der Waals surface area (Å²) in [5.41, 5.74) is 7.85. The molecule has 13 heteroatoms. The Morgan fingerprint density at radius 1 is 0.717 bits per heavy atom. The first kappa shape index (κ1) is 38.9. The van der Waals surface area contributed by atoms with Crippen LogP contribution in [0, 0.1) is 0 Å². The number of carbonyl (C=O) groups excluding carboxylic acids is 3. The van der Waals surface area contributed by atoms with E-state index in [9.17, 15) is 14.4 Å². The molecule has 4 aliphatic heterocycles. The van der Waals surface area contributed by atoms with Crippen LogP contribution in [0.2, 0.25) is 0 Å². The van der Waals surface area contributed by atoms with Crippen molar-refractivity contribution < 1.29 is 33.3 Å². The minimum Gasteiger partial charge on any atom is -0.493 e. The van der Waals surface area contributed by atoms with Crippen molar-refractivity contribution in [3.8, 4) is 23.0 Å². The van der Waals surface area contributed by atoms with Gasteiger partial charge in [-0.15, -0.1) is 0 Å². The van der Waals surface area contributed by atoms with Crippen LogP contribution in [-0.2, 0) is 30.8 Å². The van der Waals surface area contributed by atoms with E-state index in [0.29, 0.717) is 76.9 Å². The van der Waals surface area contributed by atoms with Gasteiger partial charge in [-0.05, 0) is 76.4 Å². The summed E-state index contributed by atoms with van der Waals surface area (Å²) in [6, 6.07) is 27.9. The maximum absolute atomic E-state index is 13.9. The Bertz CT molecular complexity index is 2450. The van der Waals surface area contributed by atoms with Crippen molar-refractivity contribution in [2.45, 2.75) is 63.2 Å². The first-order valence-corrected chi connectivity index (χ1v) is 20.4. The van der Waals surface area contributed by atoms with Gasteiger partial charge in [0.25, 0.3) is 11.8 Å². The predicted molar refractivity (Wildman–Crippen MR) is 235 cm³/mol. The molecule has 5 aromatic rings. The van der Waals surface area contributed by atoms with Crippen molar-refractivity contribution in [3.05, 3.63) is 124 Å². The largest absolute Gasteiger partial charge is 0.493 e. The Balaban J connectivity index is 0.970. The van der Waals surface area contributed by atoms with Crippen molar-refractivity contribution in [1.29, 1.82) is 0 Å². The zero-order valence-corrected chi connectivity index (χ0v) is 34.3. The highest BCUT2D eigenvalue weighted by Gasteiger charge is 2.38. The number of thiol groups is 1. The Morgan fingerprint density at radius 2 is 1.20 bits per heavy atom. The third kappa shape index (κ3) is 7.45. The molecule has 4 aliphatic rings. The number of rotatable bonds is 12. The molecule has 0 fully saturated rings. The summed E-state index contributed by atoms with van der Waals surface area (Å²) in [6.45, 7) is 2.14. The molecule has 0 bridgehead atoms. The maximum atomic E-state index is 13.9. The Hall–Kier alpha value is -6.60. The van der Waals surface area contributed by atoms with E-state index < -0.39 is 0 Å². The van der Waals surface area contributed by atoms with Gasteiger partial charge in [0, 0.05) is 60.9 Å². The lowest BCUT2D eigenvalue weighted by atomic mass is 10.1. The topological polar surface area (TPSA) is 131 Å². The Labute approximate surface area is 353 Å². The van der Waals surface area contributed by atoms with Crippen molar-refractivity contribution in [1.82, 2.24) is 0 Å². The molecule has 4 heterocycles. The Morgan fingerprint density at radius 3 is 1.67 bits per heavy atom. The van der Waals surface area contributed by atoms with Gasteiger partial charge in [-0.1, -0.05) is 43.3 Å². The van der Waals surface area contributed by atoms with Crippen molar-refractivity contribution in [3.63, 3.8) is 0 Å². The number of ether oxygens (including phenoxy) is 4. The van der Waals surface area contributed by atoms with Gasteiger partial charge in [-0.3, -0.25) is 34.2 Å². The van der Waals surface area contributed by atoms with E-state index >= 15 is 0 Å². The fourth-order valence-corrected chi connectivity index (χ4v) is 8.39. The highest BCUT2D eigenvalue weighted by atomic mass is 32.1. The van der Waals surface area contributed by atoms with Crippen LogP contribution < -0.4 is 34.1 Å². The second-order valence-electron chi connectivity index (χ2n) is 15.3. The molecule has 304 valence electrons. The third-order valence-corrected chi connectivity index (χ3v) is 11.4. The molecule has 3 atom stereocenters. The number of fused-ring (bicyclic) bond motifs is 8. The first-order valence-electron chi connectivity index (χ1n) is 19.9. The van der Waals surface area contributed by atoms with Gasteiger partial charge in [0.1, 0.15) is 13.2 Å². The lowest BCUT2D eigenvalue weighted by Gasteiger charge is -2.22. The van der Waals surface area contributed by atoms with Crippen molar-refractivity contribution >= 4 is 71.2 Å². The molecule has 1 N–H and O–H groups in total. The highest BCUT2D eigenvalue weighted by molar-refractivity contribution is 7.80.